The van der Waals surface area contributed by atoms with E-state index in [9.17, 15) is 9.18 Å². The molecule has 0 unspecified atom stereocenters. The van der Waals surface area contributed by atoms with Gasteiger partial charge in [0.25, 0.3) is 5.22 Å². The third-order valence-corrected chi connectivity index (χ3v) is 4.34. The molecule has 0 radical (unpaired) electrons. The summed E-state index contributed by atoms with van der Waals surface area (Å²) in [4.78, 5) is 11.9. The first-order valence-electron chi connectivity index (χ1n) is 6.98. The Morgan fingerprint density at radius 2 is 1.84 bits per heavy atom. The molecule has 0 bridgehead atoms. The topological polar surface area (TPSA) is 68.0 Å². The maximum atomic E-state index is 13.6. The molecule has 0 saturated heterocycles. The molecule has 0 aliphatic carbocycles. The number of carbonyl (C=O) groups excluding carboxylic acids is 1. The lowest BCUT2D eigenvalue weighted by atomic mass is 10.2. The molecule has 5 nitrogen and oxygen atoms in total. The van der Waals surface area contributed by atoms with Crippen LogP contribution in [0.4, 0.5) is 10.1 Å². The molecular formula is C16H10Cl2FN3O2S. The largest absolute Gasteiger partial charge is 0.411 e. The Bertz CT molecular complexity index is 903. The lowest BCUT2D eigenvalue weighted by Gasteiger charge is -2.05. The lowest BCUT2D eigenvalue weighted by Crippen LogP contribution is -2.15. The summed E-state index contributed by atoms with van der Waals surface area (Å²) in [7, 11) is 0. The zero-order chi connectivity index (χ0) is 17.8. The molecule has 0 saturated carbocycles. The number of carbonyl (C=O) groups is 1. The molecule has 128 valence electrons. The molecule has 3 rings (SSSR count). The van der Waals surface area contributed by atoms with Crippen molar-refractivity contribution in [3.05, 3.63) is 58.3 Å². The van der Waals surface area contributed by atoms with Gasteiger partial charge in [0.1, 0.15) is 5.82 Å². The molecule has 9 heteroatoms. The van der Waals surface area contributed by atoms with Gasteiger partial charge in [-0.15, -0.1) is 10.2 Å². The highest BCUT2D eigenvalue weighted by Crippen LogP contribution is 2.25. The molecule has 0 fully saturated rings. The molecule has 1 N–H and O–H groups in total. The molecule has 1 amide bonds. The maximum Gasteiger partial charge on any atom is 0.277 e. The van der Waals surface area contributed by atoms with Gasteiger partial charge in [0.15, 0.2) is 0 Å². The highest BCUT2D eigenvalue weighted by atomic mass is 35.5. The smallest absolute Gasteiger partial charge is 0.277 e. The van der Waals surface area contributed by atoms with Crippen LogP contribution >= 0.6 is 35.0 Å². The summed E-state index contributed by atoms with van der Waals surface area (Å²) in [5.74, 6) is -0.695. The summed E-state index contributed by atoms with van der Waals surface area (Å²) >= 11 is 12.5. The van der Waals surface area contributed by atoms with Crippen molar-refractivity contribution in [1.29, 1.82) is 0 Å². The molecule has 0 aliphatic heterocycles. The summed E-state index contributed by atoms with van der Waals surface area (Å²) in [6.45, 7) is 0. The monoisotopic (exact) mass is 397 g/mol. The first-order valence-corrected chi connectivity index (χ1v) is 8.72. The van der Waals surface area contributed by atoms with E-state index in [1.54, 1.807) is 24.3 Å². The average molecular weight is 398 g/mol. The number of rotatable bonds is 5. The first kappa shape index (κ1) is 17.7. The molecule has 25 heavy (non-hydrogen) atoms. The predicted molar refractivity (Wildman–Crippen MR) is 95.5 cm³/mol. The molecule has 1 aromatic heterocycles. The second-order valence-corrected chi connectivity index (χ2v) is 6.64. The first-order chi connectivity index (χ1) is 12.0. The summed E-state index contributed by atoms with van der Waals surface area (Å²) in [6, 6.07) is 10.9. The van der Waals surface area contributed by atoms with Crippen molar-refractivity contribution in [3.63, 3.8) is 0 Å². The Labute approximate surface area is 156 Å². The van der Waals surface area contributed by atoms with E-state index in [1.165, 1.54) is 12.1 Å². The molecule has 1 heterocycles. The number of nitrogens with zero attached hydrogens (tertiary/aromatic N) is 2. The molecule has 0 atom stereocenters. The van der Waals surface area contributed by atoms with Gasteiger partial charge in [0.2, 0.25) is 11.8 Å². The van der Waals surface area contributed by atoms with Crippen molar-refractivity contribution >= 4 is 46.6 Å². The third-order valence-electron chi connectivity index (χ3n) is 3.03. The Balaban J connectivity index is 1.58. The van der Waals surface area contributed by atoms with Gasteiger partial charge in [0, 0.05) is 15.6 Å². The number of thioether (sulfide) groups is 1. The van der Waals surface area contributed by atoms with Crippen LogP contribution in [0.25, 0.3) is 11.5 Å². The van der Waals surface area contributed by atoms with E-state index < -0.39 is 11.7 Å². The predicted octanol–water partition coefficient (Wildman–Crippen LogP) is 4.91. The Kier molecular flexibility index (Phi) is 5.57. The van der Waals surface area contributed by atoms with E-state index in [0.29, 0.717) is 10.9 Å². The van der Waals surface area contributed by atoms with Crippen molar-refractivity contribution in [2.24, 2.45) is 0 Å². The highest BCUT2D eigenvalue weighted by molar-refractivity contribution is 7.99. The van der Waals surface area contributed by atoms with E-state index in [4.69, 9.17) is 27.6 Å². The lowest BCUT2D eigenvalue weighted by molar-refractivity contribution is -0.113. The number of amides is 1. The number of anilines is 1. The van der Waals surface area contributed by atoms with Gasteiger partial charge in [-0.1, -0.05) is 35.0 Å². The van der Waals surface area contributed by atoms with Gasteiger partial charge in [-0.25, -0.2) is 4.39 Å². The van der Waals surface area contributed by atoms with Gasteiger partial charge >= 0.3 is 0 Å². The number of hydrogen-bond acceptors (Lipinski definition) is 5. The van der Waals surface area contributed by atoms with Crippen LogP contribution in [0.3, 0.4) is 0 Å². The van der Waals surface area contributed by atoms with Gasteiger partial charge in [-0.05, 0) is 42.5 Å². The second kappa shape index (κ2) is 7.86. The fraction of sp³-hybridized carbons (Fsp3) is 0.0625. The van der Waals surface area contributed by atoms with Crippen molar-refractivity contribution in [2.45, 2.75) is 5.22 Å². The van der Waals surface area contributed by atoms with Crippen LogP contribution in [-0.2, 0) is 4.79 Å². The third kappa shape index (κ3) is 4.72. The van der Waals surface area contributed by atoms with Gasteiger partial charge < -0.3 is 9.73 Å². The second-order valence-electron chi connectivity index (χ2n) is 4.84. The van der Waals surface area contributed by atoms with Crippen molar-refractivity contribution in [2.75, 3.05) is 11.1 Å². The Morgan fingerprint density at radius 3 is 2.56 bits per heavy atom. The number of nitrogens with one attached hydrogen (secondary N) is 1. The van der Waals surface area contributed by atoms with Gasteiger partial charge in [0.05, 0.1) is 11.4 Å². The SMILES string of the molecule is O=C(CSc1nnc(-c2ccc(Cl)cc2)o1)Nc1ccc(Cl)cc1F. The normalized spacial score (nSPS) is 10.7. The van der Waals surface area contributed by atoms with Crippen LogP contribution in [0.5, 0.6) is 0 Å². The Hall–Kier alpha value is -2.09. The standard InChI is InChI=1S/C16H10Cl2FN3O2S/c17-10-3-1-9(2-4-10)15-21-22-16(24-15)25-8-14(23)20-13-6-5-11(18)7-12(13)19/h1-7H,8H2,(H,20,23). The zero-order valence-corrected chi connectivity index (χ0v) is 14.8. The number of aromatic nitrogens is 2. The van der Waals surface area contributed by atoms with Crippen LogP contribution in [-0.4, -0.2) is 21.9 Å². The quantitative estimate of drug-likeness (QED) is 0.619. The zero-order valence-electron chi connectivity index (χ0n) is 12.5. The summed E-state index contributed by atoms with van der Waals surface area (Å²) in [5, 5.41) is 11.3. The molecule has 2 aromatic carbocycles. The van der Waals surface area contributed by atoms with E-state index in [0.717, 1.165) is 23.4 Å². The molecule has 0 aliphatic rings. The molecule has 3 aromatic rings. The summed E-state index contributed by atoms with van der Waals surface area (Å²) in [5.41, 5.74) is 0.777. The Morgan fingerprint density at radius 1 is 1.12 bits per heavy atom. The van der Waals surface area contributed by atoms with Crippen molar-refractivity contribution in [1.82, 2.24) is 10.2 Å². The van der Waals surface area contributed by atoms with Crippen LogP contribution < -0.4 is 5.32 Å². The van der Waals surface area contributed by atoms with Crippen molar-refractivity contribution < 1.29 is 13.6 Å². The van der Waals surface area contributed by atoms with Crippen LogP contribution in [0.2, 0.25) is 10.0 Å². The van der Waals surface area contributed by atoms with Gasteiger partial charge in [-0.3, -0.25) is 4.79 Å². The summed E-state index contributed by atoms with van der Waals surface area (Å²) in [6.07, 6.45) is 0. The minimum absolute atomic E-state index is 0.00961. The van der Waals surface area contributed by atoms with E-state index in [2.05, 4.69) is 15.5 Å². The van der Waals surface area contributed by atoms with E-state index >= 15 is 0 Å². The van der Waals surface area contributed by atoms with Crippen LogP contribution in [0.15, 0.2) is 52.1 Å². The van der Waals surface area contributed by atoms with Gasteiger partial charge in [-0.2, -0.15) is 0 Å². The van der Waals surface area contributed by atoms with Crippen LogP contribution in [0.1, 0.15) is 0 Å². The number of benzene rings is 2. The highest BCUT2D eigenvalue weighted by Gasteiger charge is 2.12. The maximum absolute atomic E-state index is 13.6. The number of hydrogen-bond donors (Lipinski definition) is 1. The van der Waals surface area contributed by atoms with Crippen LogP contribution in [0, 0.1) is 5.82 Å². The fourth-order valence-corrected chi connectivity index (χ4v) is 2.73. The molecular weight excluding hydrogens is 388 g/mol. The minimum atomic E-state index is -0.603. The minimum Gasteiger partial charge on any atom is -0.411 e. The van der Waals surface area contributed by atoms with Crippen molar-refractivity contribution in [3.8, 4) is 11.5 Å². The number of halogens is 3. The summed E-state index contributed by atoms with van der Waals surface area (Å²) < 4.78 is 19.1. The fourth-order valence-electron chi connectivity index (χ4n) is 1.88. The van der Waals surface area contributed by atoms with E-state index in [-0.39, 0.29) is 21.7 Å². The molecule has 0 spiro atoms. The average Bonchev–Trinajstić information content (AvgIpc) is 3.05. The van der Waals surface area contributed by atoms with E-state index in [1.807, 2.05) is 0 Å².